The second-order valence-electron chi connectivity index (χ2n) is 25.2. The fourth-order valence-corrected chi connectivity index (χ4v) is 10.4. The number of quaternary nitrogens is 1. The molecule has 0 fully saturated rings. The van der Waals surface area contributed by atoms with Gasteiger partial charge in [-0.2, -0.15) is 0 Å². The summed E-state index contributed by atoms with van der Waals surface area (Å²) in [5.74, 6) is -2.07. The molecule has 2 atom stereocenters. The normalized spacial score (nSPS) is 13.0. The summed E-state index contributed by atoms with van der Waals surface area (Å²) in [6, 6.07) is 0. The molecule has 0 bridgehead atoms. The minimum atomic E-state index is -1.53. The zero-order valence-electron chi connectivity index (χ0n) is 55.4. The Labute approximate surface area is 514 Å². The van der Waals surface area contributed by atoms with Gasteiger partial charge in [-0.15, -0.1) is 0 Å². The van der Waals surface area contributed by atoms with Crippen LogP contribution in [0, 0.1) is 0 Å². The molecule has 0 spiro atoms. The summed E-state index contributed by atoms with van der Waals surface area (Å²) in [5, 5.41) is 9.71. The summed E-state index contributed by atoms with van der Waals surface area (Å²) in [6.07, 6.45) is 82.5. The maximum Gasteiger partial charge on any atom is 0.361 e. The summed E-state index contributed by atoms with van der Waals surface area (Å²) in [4.78, 5) is 37.5. The third kappa shape index (κ3) is 66.4. The Bertz CT molecular complexity index is 1550. The van der Waals surface area contributed by atoms with Crippen molar-refractivity contribution in [2.24, 2.45) is 0 Å². The van der Waals surface area contributed by atoms with E-state index >= 15 is 0 Å². The molecule has 484 valence electrons. The summed E-state index contributed by atoms with van der Waals surface area (Å²) in [6.45, 7) is 4.73. The highest BCUT2D eigenvalue weighted by molar-refractivity contribution is 5.71. The number of aliphatic carboxylic acids is 1. The molecule has 0 radical (unpaired) electrons. The molecule has 0 saturated carbocycles. The van der Waals surface area contributed by atoms with Crippen molar-refractivity contribution in [3.05, 3.63) is 60.8 Å². The average molecular weight is 1170 g/mol. The maximum atomic E-state index is 12.8. The third-order valence-corrected chi connectivity index (χ3v) is 15.8. The van der Waals surface area contributed by atoms with E-state index in [1.807, 2.05) is 21.1 Å². The zero-order chi connectivity index (χ0) is 60.5. The van der Waals surface area contributed by atoms with E-state index in [0.29, 0.717) is 23.9 Å². The van der Waals surface area contributed by atoms with Gasteiger partial charge in [-0.05, 0) is 51.4 Å². The van der Waals surface area contributed by atoms with Gasteiger partial charge in [0.05, 0.1) is 34.4 Å². The Morgan fingerprint density at radius 1 is 0.373 bits per heavy atom. The van der Waals surface area contributed by atoms with Crippen molar-refractivity contribution >= 4 is 17.9 Å². The van der Waals surface area contributed by atoms with E-state index in [9.17, 15) is 19.5 Å². The van der Waals surface area contributed by atoms with Crippen LogP contribution in [0.1, 0.15) is 335 Å². The first kappa shape index (κ1) is 80.0. The Kier molecular flexibility index (Phi) is 62.6. The van der Waals surface area contributed by atoms with Crippen LogP contribution in [-0.4, -0.2) is 87.4 Å². The van der Waals surface area contributed by atoms with Gasteiger partial charge in [-0.25, -0.2) is 4.79 Å². The van der Waals surface area contributed by atoms with Gasteiger partial charge in [-0.1, -0.05) is 331 Å². The first-order valence-electron chi connectivity index (χ1n) is 35.5. The number of rotatable bonds is 66. The van der Waals surface area contributed by atoms with Crippen LogP contribution in [-0.2, 0) is 33.3 Å². The number of esters is 2. The number of likely N-dealkylation sites (N-methyl/N-ethyl adjacent to an activating group) is 1. The fourth-order valence-electron chi connectivity index (χ4n) is 10.4. The quantitative estimate of drug-likeness (QED) is 0.0211. The Hall–Kier alpha value is -3.01. The van der Waals surface area contributed by atoms with Crippen LogP contribution in [0.4, 0.5) is 0 Å². The standard InChI is InChI=1S/C74H135NO8/c1-6-8-10-12-14-16-18-20-22-24-25-26-27-28-29-30-31-32-33-34-35-36-37-38-39-40-41-42-43-44-45-46-47-49-50-52-54-56-58-60-62-64-71(76)81-68-70(69-82-74(73(78)79)80-67-66-75(3,4)5)83-72(77)65-63-61-59-57-55-53-51-48-23-21-19-17-15-13-11-9-7-2/h9,11,15,17,21,23,51,53,57,59,70,74H,6-8,10,12-14,16,18-20,22,24-50,52,54-56,58,60-69H2,1-5H3/p+1/b11-9-,17-15-,23-21-,53-51-,59-57-. The molecule has 0 aliphatic heterocycles. The number of unbranched alkanes of at least 4 members (excludes halogenated alkanes) is 41. The van der Waals surface area contributed by atoms with E-state index in [1.54, 1.807) is 0 Å². The first-order valence-corrected chi connectivity index (χ1v) is 35.5. The number of nitrogens with zero attached hydrogens (tertiary/aromatic N) is 1. The number of carboxylic acids is 1. The molecule has 9 nitrogen and oxygen atoms in total. The molecule has 0 amide bonds. The average Bonchev–Trinajstić information content (AvgIpc) is 3.46. The lowest BCUT2D eigenvalue weighted by molar-refractivity contribution is -0.870. The molecule has 0 aromatic carbocycles. The van der Waals surface area contributed by atoms with Crippen molar-refractivity contribution in [3.63, 3.8) is 0 Å². The predicted octanol–water partition coefficient (Wildman–Crippen LogP) is 21.9. The predicted molar refractivity (Wildman–Crippen MR) is 355 cm³/mol. The number of carboxylic acid groups (broad SMARTS) is 1. The molecule has 83 heavy (non-hydrogen) atoms. The van der Waals surface area contributed by atoms with E-state index in [1.165, 1.54) is 244 Å². The Morgan fingerprint density at radius 3 is 1.01 bits per heavy atom. The molecule has 0 heterocycles. The van der Waals surface area contributed by atoms with Crippen LogP contribution < -0.4 is 0 Å². The highest BCUT2D eigenvalue weighted by Crippen LogP contribution is 2.19. The lowest BCUT2D eigenvalue weighted by Gasteiger charge is -2.25. The second-order valence-corrected chi connectivity index (χ2v) is 25.2. The van der Waals surface area contributed by atoms with Crippen molar-refractivity contribution in [3.8, 4) is 0 Å². The monoisotopic (exact) mass is 1170 g/mol. The number of carbonyl (C=O) groups excluding carboxylic acids is 2. The van der Waals surface area contributed by atoms with E-state index in [0.717, 1.165) is 57.8 Å². The Balaban J connectivity index is 3.92. The van der Waals surface area contributed by atoms with Gasteiger partial charge in [0, 0.05) is 12.8 Å². The lowest BCUT2D eigenvalue weighted by Crippen LogP contribution is -2.40. The third-order valence-electron chi connectivity index (χ3n) is 15.8. The molecule has 0 aromatic rings. The number of allylic oxidation sites excluding steroid dienone is 10. The molecule has 0 aliphatic carbocycles. The van der Waals surface area contributed by atoms with Gasteiger partial charge in [0.2, 0.25) is 0 Å². The summed E-state index contributed by atoms with van der Waals surface area (Å²) < 4.78 is 22.8. The summed E-state index contributed by atoms with van der Waals surface area (Å²) in [7, 11) is 5.96. The molecular weight excluding hydrogens is 1030 g/mol. The number of ether oxygens (including phenoxy) is 4. The van der Waals surface area contributed by atoms with Gasteiger partial charge in [0.1, 0.15) is 13.2 Å². The van der Waals surface area contributed by atoms with Gasteiger partial charge < -0.3 is 28.5 Å². The van der Waals surface area contributed by atoms with Crippen LogP contribution in [0.25, 0.3) is 0 Å². The largest absolute Gasteiger partial charge is 0.477 e. The number of carbonyl (C=O) groups is 3. The van der Waals surface area contributed by atoms with Crippen molar-refractivity contribution in [1.82, 2.24) is 0 Å². The number of hydrogen-bond acceptors (Lipinski definition) is 7. The molecular formula is C74H136NO8+. The topological polar surface area (TPSA) is 108 Å². The van der Waals surface area contributed by atoms with E-state index in [2.05, 4.69) is 74.6 Å². The molecule has 0 rings (SSSR count). The van der Waals surface area contributed by atoms with E-state index < -0.39 is 24.3 Å². The van der Waals surface area contributed by atoms with Crippen LogP contribution in [0.3, 0.4) is 0 Å². The highest BCUT2D eigenvalue weighted by atomic mass is 16.7. The van der Waals surface area contributed by atoms with Crippen LogP contribution in [0.15, 0.2) is 60.8 Å². The van der Waals surface area contributed by atoms with Crippen molar-refractivity contribution in [2.75, 3.05) is 47.5 Å². The summed E-state index contributed by atoms with van der Waals surface area (Å²) in [5.41, 5.74) is 0. The first-order chi connectivity index (χ1) is 40.6. The molecule has 1 N–H and O–H groups in total. The smallest absolute Gasteiger partial charge is 0.361 e. The van der Waals surface area contributed by atoms with Crippen molar-refractivity contribution < 1.29 is 42.9 Å². The van der Waals surface area contributed by atoms with E-state index in [-0.39, 0.29) is 32.2 Å². The van der Waals surface area contributed by atoms with Crippen LogP contribution in [0.2, 0.25) is 0 Å². The highest BCUT2D eigenvalue weighted by Gasteiger charge is 2.25. The minimum Gasteiger partial charge on any atom is -0.477 e. The van der Waals surface area contributed by atoms with Gasteiger partial charge >= 0.3 is 17.9 Å². The molecule has 9 heteroatoms. The molecule has 2 unspecified atom stereocenters. The summed E-state index contributed by atoms with van der Waals surface area (Å²) >= 11 is 0. The van der Waals surface area contributed by atoms with Crippen molar-refractivity contribution in [2.45, 2.75) is 347 Å². The SMILES string of the molecule is CC/C=C\C/C=C\C/C=C\C/C=C\C/C=C\CCCC(=O)OC(COC(=O)CCCCCCCCCCCCCCCCCCCCCCCCCCCCCCCCCCCCCCCCCCC)COC(OCC[N+](C)(C)C)C(=O)O. The molecule has 0 aliphatic rings. The van der Waals surface area contributed by atoms with Crippen LogP contribution >= 0.6 is 0 Å². The fraction of sp³-hybridized carbons (Fsp3) is 0.824. The van der Waals surface area contributed by atoms with Gasteiger partial charge in [0.15, 0.2) is 6.10 Å². The Morgan fingerprint density at radius 2 is 0.687 bits per heavy atom. The van der Waals surface area contributed by atoms with Crippen LogP contribution in [0.5, 0.6) is 0 Å². The number of hydrogen-bond donors (Lipinski definition) is 1. The molecule has 0 aromatic heterocycles. The van der Waals surface area contributed by atoms with E-state index in [4.69, 9.17) is 18.9 Å². The van der Waals surface area contributed by atoms with Gasteiger partial charge in [0.25, 0.3) is 6.29 Å². The van der Waals surface area contributed by atoms with Gasteiger partial charge in [-0.3, -0.25) is 9.59 Å². The minimum absolute atomic E-state index is 0.176. The molecule has 0 saturated heterocycles. The zero-order valence-corrected chi connectivity index (χ0v) is 55.4. The lowest BCUT2D eigenvalue weighted by atomic mass is 10.0. The second kappa shape index (κ2) is 65.0. The van der Waals surface area contributed by atoms with Crippen molar-refractivity contribution in [1.29, 1.82) is 0 Å². The maximum absolute atomic E-state index is 12.8.